The molecule has 2 aromatic rings. The molecule has 0 atom stereocenters. The summed E-state index contributed by atoms with van der Waals surface area (Å²) in [6.07, 6.45) is 2.35. The zero-order chi connectivity index (χ0) is 13.7. The van der Waals surface area contributed by atoms with Gasteiger partial charge < -0.3 is 5.32 Å². The molecule has 0 saturated heterocycles. The highest BCUT2D eigenvalue weighted by molar-refractivity contribution is 9.10. The van der Waals surface area contributed by atoms with Gasteiger partial charge in [0, 0.05) is 16.7 Å². The summed E-state index contributed by atoms with van der Waals surface area (Å²) < 4.78 is 1.17. The van der Waals surface area contributed by atoms with Crippen molar-refractivity contribution in [2.45, 2.75) is 33.2 Å². The van der Waals surface area contributed by atoms with Crippen molar-refractivity contribution in [1.82, 2.24) is 0 Å². The molecule has 0 bridgehead atoms. The minimum absolute atomic E-state index is 0.841. The maximum Gasteiger partial charge on any atom is 0.0411 e. The van der Waals surface area contributed by atoms with Gasteiger partial charge in [0.15, 0.2) is 0 Å². The van der Waals surface area contributed by atoms with Crippen molar-refractivity contribution < 1.29 is 0 Å². The van der Waals surface area contributed by atoms with Crippen LogP contribution in [0.3, 0.4) is 0 Å². The molecule has 0 spiro atoms. The lowest BCUT2D eigenvalue weighted by Gasteiger charge is -2.09. The molecule has 0 aliphatic carbocycles. The van der Waals surface area contributed by atoms with Crippen LogP contribution in [0.15, 0.2) is 46.9 Å². The van der Waals surface area contributed by atoms with Gasteiger partial charge in [-0.05, 0) is 48.2 Å². The maximum absolute atomic E-state index is 3.61. The Hall–Kier alpha value is -1.28. The lowest BCUT2D eigenvalue weighted by Crippen LogP contribution is -2.00. The average Bonchev–Trinajstić information content (AvgIpc) is 2.40. The quantitative estimate of drug-likeness (QED) is 0.786. The van der Waals surface area contributed by atoms with Crippen LogP contribution in [0.25, 0.3) is 0 Å². The summed E-state index contributed by atoms with van der Waals surface area (Å²) >= 11 is 3.61. The van der Waals surface area contributed by atoms with Crippen molar-refractivity contribution in [1.29, 1.82) is 0 Å². The van der Waals surface area contributed by atoms with Gasteiger partial charge in [0.2, 0.25) is 0 Å². The minimum atomic E-state index is 0.841. The van der Waals surface area contributed by atoms with Crippen molar-refractivity contribution in [3.8, 4) is 0 Å². The van der Waals surface area contributed by atoms with Crippen LogP contribution < -0.4 is 5.32 Å². The number of rotatable bonds is 5. The number of aryl methyl sites for hydroxylation is 2. The summed E-state index contributed by atoms with van der Waals surface area (Å²) in [7, 11) is 0. The smallest absolute Gasteiger partial charge is 0.0411 e. The van der Waals surface area contributed by atoms with E-state index in [4.69, 9.17) is 0 Å². The van der Waals surface area contributed by atoms with Gasteiger partial charge in [-0.2, -0.15) is 0 Å². The first-order valence-corrected chi connectivity index (χ1v) is 7.56. The summed E-state index contributed by atoms with van der Waals surface area (Å²) in [4.78, 5) is 0. The molecular weight excluding hydrogens is 298 g/mol. The van der Waals surface area contributed by atoms with Gasteiger partial charge in [0.25, 0.3) is 0 Å². The Morgan fingerprint density at radius 2 is 1.79 bits per heavy atom. The molecule has 2 aromatic carbocycles. The Kier molecular flexibility index (Phi) is 5.03. The molecular formula is C17H20BrN. The molecule has 0 aromatic heterocycles. The van der Waals surface area contributed by atoms with Gasteiger partial charge in [0.1, 0.15) is 0 Å². The molecule has 2 heteroatoms. The predicted molar refractivity (Wildman–Crippen MR) is 86.6 cm³/mol. The summed E-state index contributed by atoms with van der Waals surface area (Å²) in [5, 5.41) is 3.46. The number of halogens is 1. The second-order valence-electron chi connectivity index (χ2n) is 4.90. The monoisotopic (exact) mass is 317 g/mol. The fraction of sp³-hybridized carbons (Fsp3) is 0.294. The van der Waals surface area contributed by atoms with Gasteiger partial charge in [-0.1, -0.05) is 53.5 Å². The van der Waals surface area contributed by atoms with E-state index in [1.54, 1.807) is 0 Å². The van der Waals surface area contributed by atoms with Crippen molar-refractivity contribution in [2.24, 2.45) is 0 Å². The molecule has 0 fully saturated rings. The molecule has 0 saturated carbocycles. The number of benzene rings is 2. The zero-order valence-corrected chi connectivity index (χ0v) is 13.1. The Labute approximate surface area is 124 Å². The van der Waals surface area contributed by atoms with Gasteiger partial charge in [-0.3, -0.25) is 0 Å². The van der Waals surface area contributed by atoms with Crippen LogP contribution in [-0.2, 0) is 13.0 Å². The SMILES string of the molecule is CCCc1ccc(NCc2ccc(C)cc2Br)cc1. The largest absolute Gasteiger partial charge is 0.381 e. The standard InChI is InChI=1S/C17H20BrN/c1-3-4-14-6-9-16(10-7-14)19-12-15-8-5-13(2)11-17(15)18/h5-11,19H,3-4,12H2,1-2H3. The molecule has 0 heterocycles. The second-order valence-corrected chi connectivity index (χ2v) is 5.75. The fourth-order valence-electron chi connectivity index (χ4n) is 2.07. The average molecular weight is 318 g/mol. The lowest BCUT2D eigenvalue weighted by atomic mass is 10.1. The van der Waals surface area contributed by atoms with Crippen LogP contribution in [0.5, 0.6) is 0 Å². The molecule has 100 valence electrons. The summed E-state index contributed by atoms with van der Waals surface area (Å²) in [5.74, 6) is 0. The summed E-state index contributed by atoms with van der Waals surface area (Å²) in [6, 6.07) is 15.2. The van der Waals surface area contributed by atoms with E-state index in [-0.39, 0.29) is 0 Å². The van der Waals surface area contributed by atoms with Gasteiger partial charge in [-0.15, -0.1) is 0 Å². The van der Waals surface area contributed by atoms with E-state index < -0.39 is 0 Å². The zero-order valence-electron chi connectivity index (χ0n) is 11.5. The molecule has 1 N–H and O–H groups in total. The highest BCUT2D eigenvalue weighted by Gasteiger charge is 2.00. The van der Waals surface area contributed by atoms with Crippen LogP contribution in [0.4, 0.5) is 5.69 Å². The Morgan fingerprint density at radius 3 is 2.42 bits per heavy atom. The predicted octanol–water partition coefficient (Wildman–Crippen LogP) is 5.32. The molecule has 0 radical (unpaired) electrons. The first kappa shape index (κ1) is 14.1. The number of nitrogens with one attached hydrogen (secondary N) is 1. The maximum atomic E-state index is 3.61. The van der Waals surface area contributed by atoms with E-state index in [0.29, 0.717) is 0 Å². The van der Waals surface area contributed by atoms with E-state index >= 15 is 0 Å². The van der Waals surface area contributed by atoms with Crippen LogP contribution in [-0.4, -0.2) is 0 Å². The summed E-state index contributed by atoms with van der Waals surface area (Å²) in [6.45, 7) is 5.16. The normalized spacial score (nSPS) is 10.5. The number of hydrogen-bond acceptors (Lipinski definition) is 1. The third-order valence-electron chi connectivity index (χ3n) is 3.18. The Morgan fingerprint density at radius 1 is 1.05 bits per heavy atom. The van der Waals surface area contributed by atoms with E-state index in [2.05, 4.69) is 77.6 Å². The molecule has 19 heavy (non-hydrogen) atoms. The highest BCUT2D eigenvalue weighted by atomic mass is 79.9. The second kappa shape index (κ2) is 6.76. The van der Waals surface area contributed by atoms with Crippen LogP contribution in [0, 0.1) is 6.92 Å². The first-order chi connectivity index (χ1) is 9.19. The van der Waals surface area contributed by atoms with Crippen molar-refractivity contribution in [3.63, 3.8) is 0 Å². The molecule has 0 aliphatic heterocycles. The van der Waals surface area contributed by atoms with Crippen LogP contribution >= 0.6 is 15.9 Å². The van der Waals surface area contributed by atoms with E-state index in [9.17, 15) is 0 Å². The Bertz CT molecular complexity index is 531. The molecule has 0 unspecified atom stereocenters. The van der Waals surface area contributed by atoms with Crippen LogP contribution in [0.1, 0.15) is 30.0 Å². The van der Waals surface area contributed by atoms with E-state index in [1.165, 1.54) is 33.3 Å². The van der Waals surface area contributed by atoms with Crippen LogP contribution in [0.2, 0.25) is 0 Å². The Balaban J connectivity index is 1.98. The van der Waals surface area contributed by atoms with E-state index in [0.717, 1.165) is 13.0 Å². The van der Waals surface area contributed by atoms with Crippen molar-refractivity contribution in [2.75, 3.05) is 5.32 Å². The highest BCUT2D eigenvalue weighted by Crippen LogP contribution is 2.20. The van der Waals surface area contributed by atoms with Gasteiger partial charge >= 0.3 is 0 Å². The van der Waals surface area contributed by atoms with Crippen molar-refractivity contribution in [3.05, 3.63) is 63.6 Å². The fourth-order valence-corrected chi connectivity index (χ4v) is 2.70. The first-order valence-electron chi connectivity index (χ1n) is 6.77. The van der Waals surface area contributed by atoms with Crippen molar-refractivity contribution >= 4 is 21.6 Å². The summed E-state index contributed by atoms with van der Waals surface area (Å²) in [5.41, 5.74) is 5.14. The molecule has 0 aliphatic rings. The minimum Gasteiger partial charge on any atom is -0.381 e. The van der Waals surface area contributed by atoms with Gasteiger partial charge in [0.05, 0.1) is 0 Å². The molecule has 1 nitrogen and oxygen atoms in total. The third-order valence-corrected chi connectivity index (χ3v) is 3.92. The molecule has 0 amide bonds. The lowest BCUT2D eigenvalue weighted by molar-refractivity contribution is 0.922. The number of anilines is 1. The van der Waals surface area contributed by atoms with E-state index in [1.807, 2.05) is 0 Å². The van der Waals surface area contributed by atoms with Gasteiger partial charge in [-0.25, -0.2) is 0 Å². The number of hydrogen-bond donors (Lipinski definition) is 1. The molecule has 2 rings (SSSR count). The third kappa shape index (κ3) is 4.10. The topological polar surface area (TPSA) is 12.0 Å².